The van der Waals surface area contributed by atoms with Gasteiger partial charge in [-0.1, -0.05) is 0 Å². The lowest BCUT2D eigenvalue weighted by atomic mass is 10.1. The zero-order valence-electron chi connectivity index (χ0n) is 15.9. The summed E-state index contributed by atoms with van der Waals surface area (Å²) in [5.74, 6) is 2.06. The van der Waals surface area contributed by atoms with Gasteiger partial charge in [0.25, 0.3) is 5.91 Å². The van der Waals surface area contributed by atoms with E-state index in [0.29, 0.717) is 47.6 Å². The van der Waals surface area contributed by atoms with Gasteiger partial charge in [-0.15, -0.1) is 0 Å². The number of nitrogens with zero attached hydrogens (tertiary/aromatic N) is 4. The Morgan fingerprint density at radius 1 is 1.00 bits per heavy atom. The number of nitrogens with one attached hydrogen (secondary N) is 1. The number of aromatic nitrogens is 4. The molecule has 0 aliphatic carbocycles. The molecular weight excluding hydrogens is 362 g/mol. The first-order valence-corrected chi connectivity index (χ1v) is 8.55. The van der Waals surface area contributed by atoms with Crippen LogP contribution in [0.15, 0.2) is 43.0 Å². The third-order valence-corrected chi connectivity index (χ3v) is 4.07. The van der Waals surface area contributed by atoms with Crippen LogP contribution in [0.25, 0.3) is 11.6 Å². The number of benzene rings is 1. The van der Waals surface area contributed by atoms with E-state index in [-0.39, 0.29) is 5.91 Å². The van der Waals surface area contributed by atoms with Crippen molar-refractivity contribution in [3.05, 3.63) is 48.5 Å². The summed E-state index contributed by atoms with van der Waals surface area (Å²) in [5, 5.41) is 2.87. The molecule has 146 valence electrons. The van der Waals surface area contributed by atoms with Crippen molar-refractivity contribution in [3.63, 3.8) is 0 Å². The highest BCUT2D eigenvalue weighted by molar-refractivity contribution is 5.98. The van der Waals surface area contributed by atoms with Gasteiger partial charge in [0.05, 0.1) is 26.9 Å². The van der Waals surface area contributed by atoms with E-state index < -0.39 is 0 Å². The molecule has 1 N–H and O–H groups in total. The molecule has 0 unspecified atom stereocenters. The number of carbonyl (C=O) groups is 1. The molecule has 1 aromatic carbocycles. The van der Waals surface area contributed by atoms with Crippen LogP contribution in [0.5, 0.6) is 17.2 Å². The highest BCUT2D eigenvalue weighted by Gasteiger charge is 2.20. The Bertz CT molecular complexity index is 943. The van der Waals surface area contributed by atoms with Crippen LogP contribution in [-0.4, -0.2) is 53.3 Å². The molecule has 0 atom stereocenters. The monoisotopic (exact) mass is 383 g/mol. The molecular formula is C19H21N5O4. The van der Waals surface area contributed by atoms with E-state index >= 15 is 0 Å². The van der Waals surface area contributed by atoms with Crippen LogP contribution in [0.1, 0.15) is 10.4 Å². The summed E-state index contributed by atoms with van der Waals surface area (Å²) in [6, 6.07) is 5.04. The molecule has 2 heterocycles. The van der Waals surface area contributed by atoms with Crippen LogP contribution >= 0.6 is 0 Å². The van der Waals surface area contributed by atoms with E-state index in [4.69, 9.17) is 14.2 Å². The molecule has 0 aliphatic heterocycles. The Kier molecular flexibility index (Phi) is 6.05. The quantitative estimate of drug-likeness (QED) is 0.633. The lowest BCUT2D eigenvalue weighted by molar-refractivity contribution is 0.0948. The van der Waals surface area contributed by atoms with Gasteiger partial charge in [-0.05, 0) is 18.2 Å². The van der Waals surface area contributed by atoms with Gasteiger partial charge >= 0.3 is 0 Å². The number of rotatable bonds is 8. The minimum atomic E-state index is -0.282. The highest BCUT2D eigenvalue weighted by Crippen LogP contribution is 2.39. The molecule has 0 saturated carbocycles. The van der Waals surface area contributed by atoms with Crippen molar-refractivity contribution < 1.29 is 19.0 Å². The molecule has 0 spiro atoms. The van der Waals surface area contributed by atoms with Gasteiger partial charge in [-0.2, -0.15) is 0 Å². The maximum Gasteiger partial charge on any atom is 0.255 e. The summed E-state index contributed by atoms with van der Waals surface area (Å²) in [6.07, 6.45) is 6.80. The molecule has 0 aliphatic rings. The predicted molar refractivity (Wildman–Crippen MR) is 102 cm³/mol. The van der Waals surface area contributed by atoms with Gasteiger partial charge in [0.2, 0.25) is 5.75 Å². The maximum absolute atomic E-state index is 12.6. The molecule has 2 aromatic heterocycles. The highest BCUT2D eigenvalue weighted by atomic mass is 16.5. The zero-order valence-corrected chi connectivity index (χ0v) is 15.9. The third kappa shape index (κ3) is 3.88. The summed E-state index contributed by atoms with van der Waals surface area (Å²) >= 11 is 0. The van der Waals surface area contributed by atoms with Gasteiger partial charge in [0.15, 0.2) is 23.1 Å². The van der Waals surface area contributed by atoms with Gasteiger partial charge < -0.3 is 24.1 Å². The zero-order chi connectivity index (χ0) is 19.9. The van der Waals surface area contributed by atoms with Crippen LogP contribution < -0.4 is 19.5 Å². The normalized spacial score (nSPS) is 10.4. The molecule has 3 aromatic rings. The second kappa shape index (κ2) is 8.85. The van der Waals surface area contributed by atoms with Crippen LogP contribution in [0.2, 0.25) is 0 Å². The van der Waals surface area contributed by atoms with E-state index in [1.54, 1.807) is 36.8 Å². The number of ether oxygens (including phenoxy) is 3. The summed E-state index contributed by atoms with van der Waals surface area (Å²) in [6.45, 7) is 0.890. The fraction of sp³-hybridized carbons (Fsp3) is 0.263. The lowest BCUT2D eigenvalue weighted by Gasteiger charge is -2.15. The summed E-state index contributed by atoms with van der Waals surface area (Å²) in [4.78, 5) is 25.3. The van der Waals surface area contributed by atoms with E-state index in [9.17, 15) is 4.79 Å². The number of methoxy groups -OCH3 is 3. The number of hydrogen-bond donors (Lipinski definition) is 1. The van der Waals surface area contributed by atoms with Gasteiger partial charge in [-0.25, -0.2) is 15.0 Å². The molecule has 9 heteroatoms. The Balaban J connectivity index is 1.70. The molecule has 28 heavy (non-hydrogen) atoms. The van der Waals surface area contributed by atoms with Crippen LogP contribution in [0, 0.1) is 0 Å². The minimum Gasteiger partial charge on any atom is -0.493 e. The number of amides is 1. The largest absolute Gasteiger partial charge is 0.493 e. The first-order valence-electron chi connectivity index (χ1n) is 8.55. The molecule has 0 saturated heterocycles. The Morgan fingerprint density at radius 3 is 2.43 bits per heavy atom. The maximum atomic E-state index is 12.6. The topological polar surface area (TPSA) is 100 Å². The van der Waals surface area contributed by atoms with Gasteiger partial charge in [0, 0.05) is 37.9 Å². The van der Waals surface area contributed by atoms with Crippen molar-refractivity contribution in [2.45, 2.75) is 6.54 Å². The Morgan fingerprint density at radius 2 is 1.75 bits per heavy atom. The number of hydrogen-bond acceptors (Lipinski definition) is 7. The fourth-order valence-corrected chi connectivity index (χ4v) is 2.78. The number of imidazole rings is 1. The van der Waals surface area contributed by atoms with Crippen LogP contribution in [0.4, 0.5) is 0 Å². The molecule has 0 bridgehead atoms. The third-order valence-electron chi connectivity index (χ3n) is 4.07. The van der Waals surface area contributed by atoms with Crippen molar-refractivity contribution in [1.82, 2.24) is 24.8 Å². The van der Waals surface area contributed by atoms with Crippen molar-refractivity contribution in [2.75, 3.05) is 27.9 Å². The predicted octanol–water partition coefficient (Wildman–Crippen LogP) is 1.80. The standard InChI is InChI=1S/C19H21N5O4/c1-26-14-6-5-13(15(27-2)16(14)28-3)19(25)23-10-12-24-11-9-22-18(24)17-20-7-4-8-21-17/h4-9,11H,10,12H2,1-3H3,(H,23,25). The Labute approximate surface area is 162 Å². The van der Waals surface area contributed by atoms with Gasteiger partial charge in [0.1, 0.15) is 0 Å². The van der Waals surface area contributed by atoms with E-state index in [2.05, 4.69) is 20.3 Å². The first kappa shape index (κ1) is 19.2. The van der Waals surface area contributed by atoms with Crippen molar-refractivity contribution in [3.8, 4) is 28.9 Å². The van der Waals surface area contributed by atoms with E-state index in [1.807, 2.05) is 10.8 Å². The average Bonchev–Trinajstić information content (AvgIpc) is 3.21. The summed E-state index contributed by atoms with van der Waals surface area (Å²) < 4.78 is 17.8. The second-order valence-corrected chi connectivity index (χ2v) is 5.65. The van der Waals surface area contributed by atoms with Crippen molar-refractivity contribution in [1.29, 1.82) is 0 Å². The molecule has 3 rings (SSSR count). The van der Waals surface area contributed by atoms with Crippen molar-refractivity contribution >= 4 is 5.91 Å². The molecule has 0 radical (unpaired) electrons. The minimum absolute atomic E-state index is 0.282. The fourth-order valence-electron chi connectivity index (χ4n) is 2.78. The van der Waals surface area contributed by atoms with Crippen LogP contribution in [-0.2, 0) is 6.54 Å². The molecule has 9 nitrogen and oxygen atoms in total. The van der Waals surface area contributed by atoms with Crippen LogP contribution in [0.3, 0.4) is 0 Å². The second-order valence-electron chi connectivity index (χ2n) is 5.65. The number of carbonyl (C=O) groups excluding carboxylic acids is 1. The Hall–Kier alpha value is -3.62. The van der Waals surface area contributed by atoms with E-state index in [0.717, 1.165) is 0 Å². The summed E-state index contributed by atoms with van der Waals surface area (Å²) in [5.41, 5.74) is 0.359. The smallest absolute Gasteiger partial charge is 0.255 e. The summed E-state index contributed by atoms with van der Waals surface area (Å²) in [7, 11) is 4.50. The van der Waals surface area contributed by atoms with E-state index in [1.165, 1.54) is 21.3 Å². The SMILES string of the molecule is COc1ccc(C(=O)NCCn2ccnc2-c2ncccn2)c(OC)c1OC. The first-order chi connectivity index (χ1) is 13.7. The van der Waals surface area contributed by atoms with Crippen molar-refractivity contribution in [2.24, 2.45) is 0 Å². The lowest BCUT2D eigenvalue weighted by Crippen LogP contribution is -2.27. The van der Waals surface area contributed by atoms with Gasteiger partial charge in [-0.3, -0.25) is 4.79 Å². The molecule has 0 fully saturated rings. The molecule has 1 amide bonds. The average molecular weight is 383 g/mol.